The first-order chi connectivity index (χ1) is 9.60. The molecule has 1 atom stereocenters. The maximum Gasteiger partial charge on any atom is 0.328 e. The minimum absolute atomic E-state index is 0.253. The predicted molar refractivity (Wildman–Crippen MR) is 75.5 cm³/mol. The standard InChI is InChI=1S/C14H16ClFN2O2/c1-3-20-14(19)9(2)18-11-6-4-5-10(16)13(11)17-12(18)7-8-15/h4-6,9H,3,7-8H2,1-2H3. The van der Waals surface area contributed by atoms with Gasteiger partial charge in [0.05, 0.1) is 12.1 Å². The van der Waals surface area contributed by atoms with E-state index in [0.717, 1.165) is 0 Å². The Morgan fingerprint density at radius 3 is 2.95 bits per heavy atom. The fraction of sp³-hybridized carbons (Fsp3) is 0.429. The number of halogens is 2. The third-order valence-corrected chi connectivity index (χ3v) is 3.27. The number of ether oxygens (including phenoxy) is 1. The average Bonchev–Trinajstić information content (AvgIpc) is 2.78. The molecule has 2 aromatic rings. The molecule has 0 aliphatic heterocycles. The fourth-order valence-corrected chi connectivity index (χ4v) is 2.36. The van der Waals surface area contributed by atoms with E-state index in [1.165, 1.54) is 6.07 Å². The van der Waals surface area contributed by atoms with E-state index in [1.807, 2.05) is 0 Å². The first-order valence-electron chi connectivity index (χ1n) is 6.48. The zero-order valence-corrected chi connectivity index (χ0v) is 12.2. The highest BCUT2D eigenvalue weighted by molar-refractivity contribution is 6.17. The minimum Gasteiger partial charge on any atom is -0.464 e. The maximum atomic E-state index is 13.8. The molecule has 0 radical (unpaired) electrons. The SMILES string of the molecule is CCOC(=O)C(C)n1c(CCCl)nc2c(F)cccc21. The maximum absolute atomic E-state index is 13.8. The second kappa shape index (κ2) is 6.22. The molecule has 1 aromatic heterocycles. The number of rotatable bonds is 5. The van der Waals surface area contributed by atoms with Gasteiger partial charge in [0.25, 0.3) is 0 Å². The fourth-order valence-electron chi connectivity index (χ4n) is 2.19. The molecule has 0 amide bonds. The lowest BCUT2D eigenvalue weighted by atomic mass is 10.2. The molecule has 1 aromatic carbocycles. The number of hydrogen-bond donors (Lipinski definition) is 0. The molecular weight excluding hydrogens is 283 g/mol. The van der Waals surface area contributed by atoms with Gasteiger partial charge in [-0.2, -0.15) is 0 Å². The number of benzene rings is 1. The molecule has 1 heterocycles. The molecule has 2 rings (SSSR count). The molecular formula is C14H16ClFN2O2. The highest BCUT2D eigenvalue weighted by atomic mass is 35.5. The number of fused-ring (bicyclic) bond motifs is 1. The van der Waals surface area contributed by atoms with Crippen LogP contribution in [0.15, 0.2) is 18.2 Å². The quantitative estimate of drug-likeness (QED) is 0.629. The van der Waals surface area contributed by atoms with Crippen LogP contribution in [0, 0.1) is 5.82 Å². The molecule has 1 unspecified atom stereocenters. The van der Waals surface area contributed by atoms with E-state index in [2.05, 4.69) is 4.98 Å². The Labute approximate surface area is 121 Å². The third-order valence-electron chi connectivity index (χ3n) is 3.08. The minimum atomic E-state index is -0.569. The largest absolute Gasteiger partial charge is 0.464 e. The number of nitrogens with zero attached hydrogens (tertiary/aromatic N) is 2. The normalized spacial score (nSPS) is 12.6. The molecule has 0 bridgehead atoms. The van der Waals surface area contributed by atoms with Crippen molar-refractivity contribution in [3.05, 3.63) is 29.8 Å². The van der Waals surface area contributed by atoms with Gasteiger partial charge in [0.2, 0.25) is 0 Å². The summed E-state index contributed by atoms with van der Waals surface area (Å²) >= 11 is 5.76. The highest BCUT2D eigenvalue weighted by Gasteiger charge is 2.23. The van der Waals surface area contributed by atoms with Crippen molar-refractivity contribution in [3.8, 4) is 0 Å². The summed E-state index contributed by atoms with van der Waals surface area (Å²) in [4.78, 5) is 16.2. The van der Waals surface area contributed by atoms with Gasteiger partial charge in [0.15, 0.2) is 5.82 Å². The molecule has 0 saturated heterocycles. The second-order valence-corrected chi connectivity index (χ2v) is 4.75. The van der Waals surface area contributed by atoms with E-state index in [9.17, 15) is 9.18 Å². The highest BCUT2D eigenvalue weighted by Crippen LogP contribution is 2.24. The van der Waals surface area contributed by atoms with Crippen molar-refractivity contribution < 1.29 is 13.9 Å². The number of aromatic nitrogens is 2. The van der Waals surface area contributed by atoms with Crippen molar-refractivity contribution in [2.75, 3.05) is 12.5 Å². The van der Waals surface area contributed by atoms with Gasteiger partial charge in [0.1, 0.15) is 17.4 Å². The molecule has 0 aliphatic carbocycles. The van der Waals surface area contributed by atoms with Crippen LogP contribution in [0.3, 0.4) is 0 Å². The van der Waals surface area contributed by atoms with E-state index in [4.69, 9.17) is 16.3 Å². The average molecular weight is 299 g/mol. The third kappa shape index (κ3) is 2.63. The molecule has 20 heavy (non-hydrogen) atoms. The van der Waals surface area contributed by atoms with Gasteiger partial charge in [-0.05, 0) is 26.0 Å². The molecule has 0 aliphatic rings. The van der Waals surface area contributed by atoms with Gasteiger partial charge in [-0.3, -0.25) is 0 Å². The summed E-state index contributed by atoms with van der Waals surface area (Å²) in [6, 6.07) is 4.11. The number of imidazole rings is 1. The number of para-hydroxylation sites is 1. The molecule has 0 saturated carbocycles. The number of hydrogen-bond acceptors (Lipinski definition) is 3. The summed E-state index contributed by atoms with van der Waals surface area (Å²) in [5.74, 6) is 0.154. The van der Waals surface area contributed by atoms with Crippen LogP contribution in [0.25, 0.3) is 11.0 Å². The van der Waals surface area contributed by atoms with Gasteiger partial charge in [-0.1, -0.05) is 6.07 Å². The molecule has 0 spiro atoms. The van der Waals surface area contributed by atoms with Crippen LogP contribution in [-0.4, -0.2) is 28.0 Å². The van der Waals surface area contributed by atoms with Crippen LogP contribution < -0.4 is 0 Å². The van der Waals surface area contributed by atoms with Gasteiger partial charge in [0, 0.05) is 12.3 Å². The monoisotopic (exact) mass is 298 g/mol. The summed E-state index contributed by atoms with van der Waals surface area (Å²) in [7, 11) is 0. The first kappa shape index (κ1) is 14.8. The van der Waals surface area contributed by atoms with Crippen molar-refractivity contribution in [2.24, 2.45) is 0 Å². The van der Waals surface area contributed by atoms with E-state index >= 15 is 0 Å². The first-order valence-corrected chi connectivity index (χ1v) is 7.01. The predicted octanol–water partition coefficient (Wildman–Crippen LogP) is 3.08. The summed E-state index contributed by atoms with van der Waals surface area (Å²) in [5.41, 5.74) is 0.828. The van der Waals surface area contributed by atoms with E-state index in [-0.39, 0.29) is 11.5 Å². The summed E-state index contributed by atoms with van der Waals surface area (Å²) in [6.45, 7) is 3.76. The van der Waals surface area contributed by atoms with Crippen LogP contribution in [0.5, 0.6) is 0 Å². The molecule has 0 N–H and O–H groups in total. The number of esters is 1. The Hall–Kier alpha value is -1.62. The lowest BCUT2D eigenvalue weighted by Crippen LogP contribution is -2.21. The number of alkyl halides is 1. The smallest absolute Gasteiger partial charge is 0.328 e. The summed E-state index contributed by atoms with van der Waals surface area (Å²) in [5, 5.41) is 0. The Bertz CT molecular complexity index is 627. The van der Waals surface area contributed by atoms with Crippen LogP contribution in [-0.2, 0) is 16.0 Å². The lowest BCUT2D eigenvalue weighted by Gasteiger charge is -2.15. The molecule has 0 fully saturated rings. The van der Waals surface area contributed by atoms with Crippen molar-refractivity contribution in [1.82, 2.24) is 9.55 Å². The van der Waals surface area contributed by atoms with Gasteiger partial charge in [-0.15, -0.1) is 11.6 Å². The number of carbonyl (C=O) groups excluding carboxylic acids is 1. The number of carbonyl (C=O) groups is 1. The molecule has 6 heteroatoms. The van der Waals surface area contributed by atoms with Crippen molar-refractivity contribution in [2.45, 2.75) is 26.3 Å². The Morgan fingerprint density at radius 2 is 2.30 bits per heavy atom. The van der Waals surface area contributed by atoms with Crippen molar-refractivity contribution >= 4 is 28.6 Å². The summed E-state index contributed by atoms with van der Waals surface area (Å²) in [6.07, 6.45) is 0.458. The molecule has 4 nitrogen and oxygen atoms in total. The Kier molecular flexibility index (Phi) is 4.60. The van der Waals surface area contributed by atoms with Crippen LogP contribution in [0.4, 0.5) is 4.39 Å². The lowest BCUT2D eigenvalue weighted by molar-refractivity contribution is -0.146. The van der Waals surface area contributed by atoms with Gasteiger partial charge < -0.3 is 9.30 Å². The van der Waals surface area contributed by atoms with E-state index in [0.29, 0.717) is 30.2 Å². The zero-order valence-electron chi connectivity index (χ0n) is 11.4. The van der Waals surface area contributed by atoms with Crippen LogP contribution in [0.1, 0.15) is 25.7 Å². The zero-order chi connectivity index (χ0) is 14.7. The van der Waals surface area contributed by atoms with Gasteiger partial charge in [-0.25, -0.2) is 14.2 Å². The van der Waals surface area contributed by atoms with Crippen molar-refractivity contribution in [3.63, 3.8) is 0 Å². The van der Waals surface area contributed by atoms with E-state index in [1.54, 1.807) is 30.5 Å². The van der Waals surface area contributed by atoms with Crippen LogP contribution in [0.2, 0.25) is 0 Å². The topological polar surface area (TPSA) is 44.1 Å². The number of aryl methyl sites for hydroxylation is 1. The molecule has 108 valence electrons. The second-order valence-electron chi connectivity index (χ2n) is 4.37. The van der Waals surface area contributed by atoms with E-state index < -0.39 is 11.9 Å². The Morgan fingerprint density at radius 1 is 1.55 bits per heavy atom. The van der Waals surface area contributed by atoms with Crippen molar-refractivity contribution in [1.29, 1.82) is 0 Å². The summed E-state index contributed by atoms with van der Waals surface area (Å²) < 4.78 is 20.5. The van der Waals surface area contributed by atoms with Crippen LogP contribution >= 0.6 is 11.6 Å². The Balaban J connectivity index is 2.56. The van der Waals surface area contributed by atoms with Gasteiger partial charge >= 0.3 is 5.97 Å².